The highest BCUT2D eigenvalue weighted by molar-refractivity contribution is 7.17. The number of aromatic carboxylic acids is 1. The molecule has 20 heavy (non-hydrogen) atoms. The highest BCUT2D eigenvalue weighted by Crippen LogP contribution is 2.32. The van der Waals surface area contributed by atoms with Crippen LogP contribution in [0.1, 0.15) is 29.1 Å². The fourth-order valence-corrected chi connectivity index (χ4v) is 2.46. The van der Waals surface area contributed by atoms with Gasteiger partial charge in [0.15, 0.2) is 4.88 Å². The standard InChI is InChI=1S/C15H17NO3S/c1-9(2)8-19-13-12(15(17)18)20-14(16-13)11-6-4-10(3)5-7-11/h4-7,9H,8H2,1-3H3,(H,17,18). The zero-order valence-corrected chi connectivity index (χ0v) is 12.5. The Hall–Kier alpha value is -1.88. The van der Waals surface area contributed by atoms with Crippen LogP contribution in [-0.4, -0.2) is 22.7 Å². The first-order chi connectivity index (χ1) is 9.47. The molecular weight excluding hydrogens is 274 g/mol. The van der Waals surface area contributed by atoms with Crippen molar-refractivity contribution in [2.75, 3.05) is 6.61 Å². The molecule has 2 rings (SSSR count). The van der Waals surface area contributed by atoms with E-state index in [1.54, 1.807) is 0 Å². The van der Waals surface area contributed by atoms with Crippen LogP contribution in [0.3, 0.4) is 0 Å². The quantitative estimate of drug-likeness (QED) is 0.909. The minimum atomic E-state index is -1.00. The summed E-state index contributed by atoms with van der Waals surface area (Å²) in [7, 11) is 0. The van der Waals surface area contributed by atoms with Crippen molar-refractivity contribution in [3.63, 3.8) is 0 Å². The molecule has 0 aliphatic rings. The lowest BCUT2D eigenvalue weighted by Gasteiger charge is -2.05. The van der Waals surface area contributed by atoms with Crippen LogP contribution in [0.25, 0.3) is 10.6 Å². The van der Waals surface area contributed by atoms with Crippen LogP contribution in [0.5, 0.6) is 5.88 Å². The average Bonchev–Trinajstić information content (AvgIpc) is 2.81. The highest BCUT2D eigenvalue weighted by atomic mass is 32.1. The number of carboxylic acids is 1. The highest BCUT2D eigenvalue weighted by Gasteiger charge is 2.20. The fraction of sp³-hybridized carbons (Fsp3) is 0.333. The van der Waals surface area contributed by atoms with Crippen molar-refractivity contribution in [1.82, 2.24) is 4.98 Å². The molecule has 1 aromatic carbocycles. The van der Waals surface area contributed by atoms with Gasteiger partial charge in [0.05, 0.1) is 6.61 Å². The summed E-state index contributed by atoms with van der Waals surface area (Å²) in [5.41, 5.74) is 2.06. The third-order valence-corrected chi connectivity index (χ3v) is 3.72. The number of aryl methyl sites for hydroxylation is 1. The van der Waals surface area contributed by atoms with E-state index in [9.17, 15) is 9.90 Å². The molecule has 0 radical (unpaired) electrons. The Morgan fingerprint density at radius 2 is 2.00 bits per heavy atom. The summed E-state index contributed by atoms with van der Waals surface area (Å²) in [6, 6.07) is 7.83. The predicted octanol–water partition coefficient (Wildman–Crippen LogP) is 3.85. The van der Waals surface area contributed by atoms with E-state index in [4.69, 9.17) is 4.74 Å². The molecule has 1 N–H and O–H groups in total. The number of ether oxygens (including phenoxy) is 1. The fourth-order valence-electron chi connectivity index (χ4n) is 1.60. The maximum absolute atomic E-state index is 11.3. The lowest BCUT2D eigenvalue weighted by Crippen LogP contribution is -2.07. The van der Waals surface area contributed by atoms with Gasteiger partial charge in [-0.25, -0.2) is 9.78 Å². The van der Waals surface area contributed by atoms with Crippen LogP contribution in [-0.2, 0) is 0 Å². The second-order valence-corrected chi connectivity index (χ2v) is 6.03. The Morgan fingerprint density at radius 3 is 2.55 bits per heavy atom. The van der Waals surface area contributed by atoms with Crippen LogP contribution in [0, 0.1) is 12.8 Å². The normalized spacial score (nSPS) is 10.8. The number of aromatic nitrogens is 1. The van der Waals surface area contributed by atoms with Crippen LogP contribution >= 0.6 is 11.3 Å². The molecule has 1 heterocycles. The van der Waals surface area contributed by atoms with E-state index < -0.39 is 5.97 Å². The van der Waals surface area contributed by atoms with E-state index in [1.807, 2.05) is 45.0 Å². The Balaban J connectivity index is 2.33. The minimum absolute atomic E-state index is 0.154. The Kier molecular flexibility index (Phi) is 4.39. The molecule has 2 aromatic rings. The van der Waals surface area contributed by atoms with Gasteiger partial charge in [0.1, 0.15) is 5.01 Å². The Morgan fingerprint density at radius 1 is 1.35 bits per heavy atom. The van der Waals surface area contributed by atoms with Gasteiger partial charge in [-0.3, -0.25) is 0 Å². The van der Waals surface area contributed by atoms with E-state index in [0.717, 1.165) is 22.5 Å². The van der Waals surface area contributed by atoms with Crippen LogP contribution in [0.2, 0.25) is 0 Å². The SMILES string of the molecule is Cc1ccc(-c2nc(OCC(C)C)c(C(=O)O)s2)cc1. The van der Waals surface area contributed by atoms with Gasteiger partial charge >= 0.3 is 5.97 Å². The van der Waals surface area contributed by atoms with E-state index in [1.165, 1.54) is 0 Å². The van der Waals surface area contributed by atoms with Gasteiger partial charge in [-0.15, -0.1) is 11.3 Å². The van der Waals surface area contributed by atoms with Crippen molar-refractivity contribution in [1.29, 1.82) is 0 Å². The molecule has 4 nitrogen and oxygen atoms in total. The molecule has 0 amide bonds. The van der Waals surface area contributed by atoms with Gasteiger partial charge in [0, 0.05) is 5.56 Å². The smallest absolute Gasteiger partial charge is 0.351 e. The average molecular weight is 291 g/mol. The number of rotatable bonds is 5. The first-order valence-corrected chi connectivity index (χ1v) is 7.23. The van der Waals surface area contributed by atoms with Crippen LogP contribution in [0.15, 0.2) is 24.3 Å². The topological polar surface area (TPSA) is 59.4 Å². The van der Waals surface area contributed by atoms with Crippen LogP contribution in [0.4, 0.5) is 0 Å². The molecule has 0 aliphatic carbocycles. The lowest BCUT2D eigenvalue weighted by atomic mass is 10.2. The van der Waals surface area contributed by atoms with Crippen molar-refractivity contribution >= 4 is 17.3 Å². The van der Waals surface area contributed by atoms with Crippen LogP contribution < -0.4 is 4.74 Å². The predicted molar refractivity (Wildman–Crippen MR) is 79.6 cm³/mol. The summed E-state index contributed by atoms with van der Waals surface area (Å²) in [4.78, 5) is 15.7. The number of hydrogen-bond donors (Lipinski definition) is 1. The first kappa shape index (κ1) is 14.5. The summed E-state index contributed by atoms with van der Waals surface area (Å²) >= 11 is 1.14. The second kappa shape index (κ2) is 6.05. The lowest BCUT2D eigenvalue weighted by molar-refractivity contribution is 0.0696. The number of nitrogens with zero attached hydrogens (tertiary/aromatic N) is 1. The minimum Gasteiger partial charge on any atom is -0.477 e. The summed E-state index contributed by atoms with van der Waals surface area (Å²) in [6.45, 7) is 6.48. The molecule has 0 bridgehead atoms. The number of carbonyl (C=O) groups is 1. The molecule has 5 heteroatoms. The zero-order valence-electron chi connectivity index (χ0n) is 11.7. The molecule has 0 unspecified atom stereocenters. The number of benzene rings is 1. The van der Waals surface area contributed by atoms with E-state index in [2.05, 4.69) is 4.98 Å². The summed E-state index contributed by atoms with van der Waals surface area (Å²) in [6.07, 6.45) is 0. The molecule has 0 spiro atoms. The van der Waals surface area contributed by atoms with Gasteiger partial charge in [-0.1, -0.05) is 43.7 Å². The van der Waals surface area contributed by atoms with Crippen molar-refractivity contribution in [2.24, 2.45) is 5.92 Å². The molecule has 106 valence electrons. The third-order valence-electron chi connectivity index (χ3n) is 2.64. The van der Waals surface area contributed by atoms with E-state index >= 15 is 0 Å². The number of thiazole rings is 1. The molecule has 0 fully saturated rings. The van der Waals surface area contributed by atoms with Crippen molar-refractivity contribution in [3.05, 3.63) is 34.7 Å². The van der Waals surface area contributed by atoms with Gasteiger partial charge in [0.25, 0.3) is 0 Å². The van der Waals surface area contributed by atoms with Gasteiger partial charge in [-0.2, -0.15) is 0 Å². The number of hydrogen-bond acceptors (Lipinski definition) is 4. The van der Waals surface area contributed by atoms with Crippen molar-refractivity contribution in [2.45, 2.75) is 20.8 Å². The Labute approximate surface area is 122 Å². The number of carboxylic acid groups (broad SMARTS) is 1. The van der Waals surface area contributed by atoms with Gasteiger partial charge in [0.2, 0.25) is 5.88 Å². The van der Waals surface area contributed by atoms with Gasteiger partial charge < -0.3 is 9.84 Å². The third kappa shape index (κ3) is 3.36. The molecule has 0 aliphatic heterocycles. The maximum atomic E-state index is 11.3. The molecule has 1 aromatic heterocycles. The Bertz CT molecular complexity index is 602. The summed E-state index contributed by atoms with van der Waals surface area (Å²) < 4.78 is 5.50. The van der Waals surface area contributed by atoms with Gasteiger partial charge in [-0.05, 0) is 12.8 Å². The summed E-state index contributed by atoms with van der Waals surface area (Å²) in [5.74, 6) is -0.465. The van der Waals surface area contributed by atoms with Crippen molar-refractivity contribution in [3.8, 4) is 16.5 Å². The first-order valence-electron chi connectivity index (χ1n) is 6.41. The monoisotopic (exact) mass is 291 g/mol. The molecular formula is C15H17NO3S. The molecule has 0 saturated carbocycles. The van der Waals surface area contributed by atoms with E-state index in [0.29, 0.717) is 17.5 Å². The zero-order chi connectivity index (χ0) is 14.7. The molecule has 0 atom stereocenters. The van der Waals surface area contributed by atoms with E-state index in [-0.39, 0.29) is 10.8 Å². The maximum Gasteiger partial charge on any atom is 0.351 e. The van der Waals surface area contributed by atoms with Crippen molar-refractivity contribution < 1.29 is 14.6 Å². The summed E-state index contributed by atoms with van der Waals surface area (Å²) in [5, 5.41) is 9.89. The second-order valence-electron chi connectivity index (χ2n) is 5.03. The molecule has 0 saturated heterocycles. The largest absolute Gasteiger partial charge is 0.477 e.